The maximum absolute atomic E-state index is 13.4. The number of benzene rings is 2. The molecule has 5 rings (SSSR count). The Morgan fingerprint density at radius 3 is 2.30 bits per heavy atom. The number of anilines is 1. The zero-order valence-electron chi connectivity index (χ0n) is 25.5. The average Bonchev–Trinajstić information content (AvgIpc) is 3.37. The number of nitro benzene ring substituents is 1. The van der Waals surface area contributed by atoms with Crippen LogP contribution < -0.4 is 4.90 Å². The highest BCUT2D eigenvalue weighted by Gasteiger charge is 2.39. The summed E-state index contributed by atoms with van der Waals surface area (Å²) in [5.74, 6) is 0.184. The normalized spacial score (nSPS) is 20.4. The van der Waals surface area contributed by atoms with Gasteiger partial charge in [0.1, 0.15) is 23.5 Å². The van der Waals surface area contributed by atoms with Gasteiger partial charge in [-0.2, -0.15) is 26.3 Å². The SMILES string of the molecule is CC(c1oc2ccc(C(F)(F)F)cc2c1Cl)N1CCN(C(=O)CO[C@H]2CC[C@H](N(C)c3ccc([N+](=O)[O-])c(C(F)(F)F)c3)CC2)CC1. The van der Waals surface area contributed by atoms with Gasteiger partial charge in [0.05, 0.1) is 27.7 Å². The second kappa shape index (κ2) is 13.5. The maximum Gasteiger partial charge on any atom is 0.423 e. The van der Waals surface area contributed by atoms with Gasteiger partial charge in [0.2, 0.25) is 5.91 Å². The molecule has 1 saturated heterocycles. The van der Waals surface area contributed by atoms with Crippen LogP contribution in [0.25, 0.3) is 11.0 Å². The number of alkyl halides is 6. The van der Waals surface area contributed by atoms with Gasteiger partial charge >= 0.3 is 12.4 Å². The van der Waals surface area contributed by atoms with Crippen molar-refractivity contribution in [3.05, 3.63) is 68.4 Å². The number of nitrogens with zero attached hydrogens (tertiary/aromatic N) is 4. The Balaban J connectivity index is 1.09. The van der Waals surface area contributed by atoms with Crippen LogP contribution in [0.15, 0.2) is 40.8 Å². The van der Waals surface area contributed by atoms with E-state index in [2.05, 4.69) is 0 Å². The first kappa shape index (κ1) is 34.8. The molecule has 2 heterocycles. The molecule has 2 aromatic carbocycles. The molecule has 0 N–H and O–H groups in total. The second-order valence-corrected chi connectivity index (χ2v) is 12.3. The molecule has 0 spiro atoms. The van der Waals surface area contributed by atoms with Gasteiger partial charge in [-0.3, -0.25) is 19.8 Å². The maximum atomic E-state index is 13.4. The number of piperazine rings is 1. The highest BCUT2D eigenvalue weighted by molar-refractivity contribution is 6.36. The van der Waals surface area contributed by atoms with Crippen LogP contribution in [0.4, 0.5) is 37.7 Å². The van der Waals surface area contributed by atoms with Crippen molar-refractivity contribution in [2.75, 3.05) is 44.7 Å². The topological polar surface area (TPSA) is 92.3 Å². The van der Waals surface area contributed by atoms with Crippen molar-refractivity contribution < 1.29 is 45.2 Å². The Labute approximate surface area is 271 Å². The lowest BCUT2D eigenvalue weighted by Gasteiger charge is -2.38. The van der Waals surface area contributed by atoms with E-state index in [0.717, 1.165) is 24.3 Å². The fraction of sp³-hybridized carbons (Fsp3) is 0.516. The van der Waals surface area contributed by atoms with Crippen LogP contribution in [-0.2, 0) is 21.9 Å². The van der Waals surface area contributed by atoms with Crippen LogP contribution in [0, 0.1) is 10.1 Å². The van der Waals surface area contributed by atoms with Gasteiger partial charge in [0.25, 0.3) is 5.69 Å². The Hall–Kier alpha value is -3.56. The van der Waals surface area contributed by atoms with Crippen LogP contribution in [0.1, 0.15) is 55.5 Å². The fourth-order valence-corrected chi connectivity index (χ4v) is 6.62. The molecule has 1 aliphatic heterocycles. The number of halogens is 7. The highest BCUT2D eigenvalue weighted by Crippen LogP contribution is 2.41. The van der Waals surface area contributed by atoms with Gasteiger partial charge in [-0.15, -0.1) is 0 Å². The molecule has 1 saturated carbocycles. The second-order valence-electron chi connectivity index (χ2n) is 11.9. The minimum Gasteiger partial charge on any atom is -0.458 e. The number of furan rings is 1. The molecule has 1 aliphatic carbocycles. The molecule has 1 unspecified atom stereocenters. The summed E-state index contributed by atoms with van der Waals surface area (Å²) in [4.78, 5) is 28.4. The van der Waals surface area contributed by atoms with E-state index in [9.17, 15) is 41.3 Å². The van der Waals surface area contributed by atoms with Crippen molar-refractivity contribution in [3.8, 4) is 0 Å². The molecule has 3 aromatic rings. The zero-order valence-corrected chi connectivity index (χ0v) is 26.3. The highest BCUT2D eigenvalue weighted by atomic mass is 35.5. The average molecular weight is 691 g/mol. The van der Waals surface area contributed by atoms with E-state index >= 15 is 0 Å². The lowest BCUT2D eigenvalue weighted by atomic mass is 9.91. The first-order valence-electron chi connectivity index (χ1n) is 15.1. The van der Waals surface area contributed by atoms with Gasteiger partial charge in [0, 0.05) is 56.4 Å². The Bertz CT molecular complexity index is 1610. The third-order valence-corrected chi connectivity index (χ3v) is 9.49. The van der Waals surface area contributed by atoms with Crippen LogP contribution >= 0.6 is 11.6 Å². The van der Waals surface area contributed by atoms with Gasteiger partial charge in [-0.1, -0.05) is 11.6 Å². The van der Waals surface area contributed by atoms with E-state index in [4.69, 9.17) is 20.8 Å². The number of rotatable bonds is 8. The summed E-state index contributed by atoms with van der Waals surface area (Å²) in [5, 5.41) is 11.4. The summed E-state index contributed by atoms with van der Waals surface area (Å²) in [7, 11) is 1.66. The molecule has 0 bridgehead atoms. The van der Waals surface area contributed by atoms with Crippen LogP contribution in [0.3, 0.4) is 0 Å². The first-order valence-corrected chi connectivity index (χ1v) is 15.4. The smallest absolute Gasteiger partial charge is 0.423 e. The van der Waals surface area contributed by atoms with E-state index in [1.54, 1.807) is 16.8 Å². The summed E-state index contributed by atoms with van der Waals surface area (Å²) < 4.78 is 91.6. The molecule has 1 atom stereocenters. The summed E-state index contributed by atoms with van der Waals surface area (Å²) in [6.07, 6.45) is -7.17. The number of amides is 1. The van der Waals surface area contributed by atoms with Gasteiger partial charge in [0.15, 0.2) is 0 Å². The lowest BCUT2D eigenvalue weighted by molar-refractivity contribution is -0.388. The summed E-state index contributed by atoms with van der Waals surface area (Å²) in [6, 6.07) is 5.74. The van der Waals surface area contributed by atoms with Crippen LogP contribution in [-0.4, -0.2) is 72.6 Å². The fourth-order valence-electron chi connectivity index (χ4n) is 6.28. The van der Waals surface area contributed by atoms with E-state index in [0.29, 0.717) is 57.6 Å². The monoisotopic (exact) mass is 690 g/mol. The van der Waals surface area contributed by atoms with Crippen LogP contribution in [0.2, 0.25) is 5.02 Å². The minimum atomic E-state index is -4.86. The molecule has 1 aromatic heterocycles. The van der Waals surface area contributed by atoms with Crippen molar-refractivity contribution in [1.29, 1.82) is 0 Å². The molecule has 47 heavy (non-hydrogen) atoms. The number of carbonyl (C=O) groups is 1. The summed E-state index contributed by atoms with van der Waals surface area (Å²) >= 11 is 6.45. The van der Waals surface area contributed by atoms with Gasteiger partial charge in [-0.05, 0) is 62.9 Å². The number of hydrogen-bond donors (Lipinski definition) is 0. The van der Waals surface area contributed by atoms with Crippen LogP contribution in [0.5, 0.6) is 0 Å². The zero-order chi connectivity index (χ0) is 34.3. The number of carbonyl (C=O) groups excluding carboxylic acids is 1. The molecular weight excluding hydrogens is 658 g/mol. The van der Waals surface area contributed by atoms with Gasteiger partial charge in [-0.25, -0.2) is 0 Å². The summed E-state index contributed by atoms with van der Waals surface area (Å²) in [5.41, 5.74) is -2.60. The standard InChI is InChI=1S/C31H33ClF6N4O5/c1-18(29-28(32)23-15-19(30(33,34)35)3-10-26(23)47-29)40-11-13-41(14-12-40)27(43)17-46-22-7-4-20(5-8-22)39(2)21-6-9-25(42(44)45)24(16-21)31(36,37)38/h3,6,9-10,15-16,18,20,22H,4-5,7-8,11-14,17H2,1-2H3/t18?,20-,22-. The molecule has 2 fully saturated rings. The van der Waals surface area contributed by atoms with Crippen molar-refractivity contribution in [2.24, 2.45) is 0 Å². The Morgan fingerprint density at radius 2 is 1.70 bits per heavy atom. The molecule has 256 valence electrons. The third-order valence-electron chi connectivity index (χ3n) is 9.10. The van der Waals surface area contributed by atoms with Gasteiger partial charge < -0.3 is 19.0 Å². The Morgan fingerprint density at radius 1 is 1.04 bits per heavy atom. The molecule has 16 heteroatoms. The van der Waals surface area contributed by atoms with Crippen molar-refractivity contribution >= 4 is 39.9 Å². The number of nitro groups is 1. The Kier molecular flexibility index (Phi) is 10.00. The third kappa shape index (κ3) is 7.62. The molecule has 2 aliphatic rings. The first-order chi connectivity index (χ1) is 22.0. The molecule has 0 radical (unpaired) electrons. The molecule has 9 nitrogen and oxygen atoms in total. The lowest BCUT2D eigenvalue weighted by Crippen LogP contribution is -2.50. The van der Waals surface area contributed by atoms with E-state index in [1.165, 1.54) is 12.1 Å². The van der Waals surface area contributed by atoms with E-state index in [1.807, 2.05) is 11.8 Å². The predicted octanol–water partition coefficient (Wildman–Crippen LogP) is 7.70. The van der Waals surface area contributed by atoms with E-state index in [-0.39, 0.29) is 52.4 Å². The molecular formula is C31H33ClF6N4O5. The number of hydrogen-bond acceptors (Lipinski definition) is 7. The van der Waals surface area contributed by atoms with Crippen molar-refractivity contribution in [2.45, 2.75) is 63.1 Å². The number of fused-ring (bicyclic) bond motifs is 1. The molecule has 1 amide bonds. The van der Waals surface area contributed by atoms with Crippen molar-refractivity contribution in [1.82, 2.24) is 9.80 Å². The quantitative estimate of drug-likeness (QED) is 0.136. The van der Waals surface area contributed by atoms with E-state index < -0.39 is 34.1 Å². The summed E-state index contributed by atoms with van der Waals surface area (Å²) in [6.45, 7) is 3.54. The minimum absolute atomic E-state index is 0.102. The number of ether oxygens (including phenoxy) is 1. The largest absolute Gasteiger partial charge is 0.458 e. The predicted molar refractivity (Wildman–Crippen MR) is 161 cm³/mol. The van der Waals surface area contributed by atoms with Crippen molar-refractivity contribution in [3.63, 3.8) is 0 Å².